The molecule has 25 heavy (non-hydrogen) atoms. The molecule has 0 radical (unpaired) electrons. The van der Waals surface area contributed by atoms with Crippen LogP contribution in [0, 0.1) is 0 Å². The molecule has 0 bridgehead atoms. The molecule has 0 N–H and O–H groups in total. The highest BCUT2D eigenvalue weighted by Crippen LogP contribution is 2.26. The van der Waals surface area contributed by atoms with E-state index < -0.39 is 0 Å². The van der Waals surface area contributed by atoms with Crippen molar-refractivity contribution < 1.29 is 4.79 Å². The van der Waals surface area contributed by atoms with Crippen LogP contribution >= 0.6 is 11.8 Å². The molecule has 2 heterocycles. The number of pyridine rings is 1. The summed E-state index contributed by atoms with van der Waals surface area (Å²) in [7, 11) is 1.87. The van der Waals surface area contributed by atoms with Crippen molar-refractivity contribution in [3.05, 3.63) is 53.7 Å². The van der Waals surface area contributed by atoms with Gasteiger partial charge in [-0.1, -0.05) is 18.2 Å². The Bertz CT molecular complexity index is 728. The smallest absolute Gasteiger partial charge is 0.256 e. The maximum absolute atomic E-state index is 12.9. The Balaban J connectivity index is 1.79. The fourth-order valence-electron chi connectivity index (χ4n) is 3.34. The first kappa shape index (κ1) is 17.8. The van der Waals surface area contributed by atoms with Crippen LogP contribution in [0.2, 0.25) is 0 Å². The summed E-state index contributed by atoms with van der Waals surface area (Å²) in [6.45, 7) is 2.82. The summed E-state index contributed by atoms with van der Waals surface area (Å²) in [6.07, 6.45) is 7.49. The van der Waals surface area contributed by atoms with E-state index in [9.17, 15) is 4.79 Å². The van der Waals surface area contributed by atoms with E-state index in [0.717, 1.165) is 18.1 Å². The summed E-state index contributed by atoms with van der Waals surface area (Å²) in [4.78, 5) is 21.4. The highest BCUT2D eigenvalue weighted by Gasteiger charge is 2.19. The number of carbonyl (C=O) groups is 1. The number of amides is 1. The maximum atomic E-state index is 12.9. The Morgan fingerprint density at radius 2 is 1.92 bits per heavy atom. The summed E-state index contributed by atoms with van der Waals surface area (Å²) in [5.41, 5.74) is 3.14. The zero-order chi connectivity index (χ0) is 17.6. The van der Waals surface area contributed by atoms with E-state index in [-0.39, 0.29) is 5.91 Å². The lowest BCUT2D eigenvalue weighted by Gasteiger charge is -2.31. The minimum atomic E-state index is 0.0193. The summed E-state index contributed by atoms with van der Waals surface area (Å²) in [5, 5.41) is 0.781. The number of hydrogen-bond acceptors (Lipinski definition) is 4. The fraction of sp³-hybridized carbons (Fsp3) is 0.400. The van der Waals surface area contributed by atoms with Gasteiger partial charge in [0.1, 0.15) is 5.03 Å². The van der Waals surface area contributed by atoms with Gasteiger partial charge in [0, 0.05) is 38.6 Å². The van der Waals surface area contributed by atoms with Crippen molar-refractivity contribution in [3.63, 3.8) is 0 Å². The SMILES string of the molecule is CSc1ncccc1C(=O)N(C)Cc1ccccc1N1CCCCC1. The van der Waals surface area contributed by atoms with Crippen molar-refractivity contribution in [1.29, 1.82) is 0 Å². The molecule has 1 aromatic carbocycles. The Morgan fingerprint density at radius 3 is 2.68 bits per heavy atom. The van der Waals surface area contributed by atoms with Crippen LogP contribution in [-0.4, -0.2) is 42.2 Å². The van der Waals surface area contributed by atoms with E-state index in [0.29, 0.717) is 12.1 Å². The molecule has 132 valence electrons. The molecular weight excluding hydrogens is 330 g/mol. The van der Waals surface area contributed by atoms with Gasteiger partial charge in [-0.25, -0.2) is 4.98 Å². The van der Waals surface area contributed by atoms with Crippen LogP contribution in [-0.2, 0) is 6.54 Å². The van der Waals surface area contributed by atoms with Crippen LogP contribution in [0.5, 0.6) is 0 Å². The molecule has 1 amide bonds. The highest BCUT2D eigenvalue weighted by molar-refractivity contribution is 7.98. The van der Waals surface area contributed by atoms with E-state index in [2.05, 4.69) is 34.1 Å². The van der Waals surface area contributed by atoms with Crippen molar-refractivity contribution in [2.24, 2.45) is 0 Å². The first-order valence-corrected chi connectivity index (χ1v) is 10.0. The van der Waals surface area contributed by atoms with Gasteiger partial charge in [0.05, 0.1) is 5.56 Å². The van der Waals surface area contributed by atoms with E-state index in [1.54, 1.807) is 11.1 Å². The molecule has 0 spiro atoms. The van der Waals surface area contributed by atoms with Crippen molar-refractivity contribution in [2.45, 2.75) is 30.8 Å². The van der Waals surface area contributed by atoms with Gasteiger partial charge < -0.3 is 9.80 Å². The van der Waals surface area contributed by atoms with Crippen LogP contribution in [0.3, 0.4) is 0 Å². The Kier molecular flexibility index (Phi) is 5.97. The summed E-state index contributed by atoms with van der Waals surface area (Å²) < 4.78 is 0. The highest BCUT2D eigenvalue weighted by atomic mass is 32.2. The topological polar surface area (TPSA) is 36.4 Å². The van der Waals surface area contributed by atoms with Crippen molar-refractivity contribution in [2.75, 3.05) is 31.3 Å². The number of anilines is 1. The molecule has 0 saturated carbocycles. The lowest BCUT2D eigenvalue weighted by Crippen LogP contribution is -2.32. The molecule has 0 atom stereocenters. The third-order valence-corrected chi connectivity index (χ3v) is 5.35. The predicted octanol–water partition coefficient (Wildman–Crippen LogP) is 4.07. The van der Waals surface area contributed by atoms with Crippen LogP contribution in [0.25, 0.3) is 0 Å². The molecular formula is C20H25N3OS. The normalized spacial score (nSPS) is 14.4. The average Bonchev–Trinajstić information content (AvgIpc) is 2.68. The van der Waals surface area contributed by atoms with E-state index in [4.69, 9.17) is 0 Å². The third-order valence-electron chi connectivity index (χ3n) is 4.64. The van der Waals surface area contributed by atoms with Gasteiger partial charge in [0.2, 0.25) is 0 Å². The number of para-hydroxylation sites is 1. The van der Waals surface area contributed by atoms with E-state index in [1.807, 2.05) is 25.4 Å². The second-order valence-corrected chi connectivity index (χ2v) is 7.19. The van der Waals surface area contributed by atoms with Gasteiger partial charge in [-0.15, -0.1) is 11.8 Å². The minimum Gasteiger partial charge on any atom is -0.371 e. The van der Waals surface area contributed by atoms with Gasteiger partial charge in [-0.3, -0.25) is 4.79 Å². The number of aromatic nitrogens is 1. The Hall–Kier alpha value is -2.01. The minimum absolute atomic E-state index is 0.0193. The first-order chi connectivity index (χ1) is 12.2. The molecule has 3 rings (SSSR count). The lowest BCUT2D eigenvalue weighted by molar-refractivity contribution is 0.0781. The zero-order valence-electron chi connectivity index (χ0n) is 14.9. The number of benzene rings is 1. The number of rotatable bonds is 5. The van der Waals surface area contributed by atoms with Crippen LogP contribution in [0.1, 0.15) is 35.2 Å². The second kappa shape index (κ2) is 8.39. The number of nitrogens with zero attached hydrogens (tertiary/aromatic N) is 3. The molecule has 5 heteroatoms. The van der Waals surface area contributed by atoms with E-state index >= 15 is 0 Å². The van der Waals surface area contributed by atoms with Gasteiger partial charge in [0.15, 0.2) is 0 Å². The monoisotopic (exact) mass is 355 g/mol. The van der Waals surface area contributed by atoms with Crippen LogP contribution in [0.15, 0.2) is 47.6 Å². The lowest BCUT2D eigenvalue weighted by atomic mass is 10.1. The van der Waals surface area contributed by atoms with Crippen LogP contribution < -0.4 is 4.90 Å². The number of thioether (sulfide) groups is 1. The summed E-state index contributed by atoms with van der Waals surface area (Å²) in [6, 6.07) is 12.1. The summed E-state index contributed by atoms with van der Waals surface area (Å²) >= 11 is 1.51. The van der Waals surface area contributed by atoms with Crippen molar-refractivity contribution >= 4 is 23.4 Å². The maximum Gasteiger partial charge on any atom is 0.256 e. The largest absolute Gasteiger partial charge is 0.371 e. The Labute approximate surface area is 154 Å². The first-order valence-electron chi connectivity index (χ1n) is 8.78. The zero-order valence-corrected chi connectivity index (χ0v) is 15.8. The molecule has 2 aromatic rings. The molecule has 1 aliphatic heterocycles. The second-order valence-electron chi connectivity index (χ2n) is 6.40. The number of piperidine rings is 1. The molecule has 1 saturated heterocycles. The van der Waals surface area contributed by atoms with Gasteiger partial charge >= 0.3 is 0 Å². The molecule has 0 aliphatic carbocycles. The average molecular weight is 356 g/mol. The van der Waals surface area contributed by atoms with Crippen LogP contribution in [0.4, 0.5) is 5.69 Å². The third kappa shape index (κ3) is 4.15. The standard InChI is InChI=1S/C20H25N3OS/c1-22(20(24)17-10-8-12-21-19(17)25-2)15-16-9-4-5-11-18(16)23-13-6-3-7-14-23/h4-5,8-12H,3,6-7,13-15H2,1-2H3. The Morgan fingerprint density at radius 1 is 1.16 bits per heavy atom. The van der Waals surface area contributed by atoms with Gasteiger partial charge in [-0.2, -0.15) is 0 Å². The molecule has 0 unspecified atom stereocenters. The molecule has 1 fully saturated rings. The fourth-order valence-corrected chi connectivity index (χ4v) is 3.88. The molecule has 1 aliphatic rings. The number of hydrogen-bond donors (Lipinski definition) is 0. The van der Waals surface area contributed by atoms with E-state index in [1.165, 1.54) is 42.3 Å². The van der Waals surface area contributed by atoms with Gasteiger partial charge in [-0.05, 0) is 49.3 Å². The van der Waals surface area contributed by atoms with Gasteiger partial charge in [0.25, 0.3) is 5.91 Å². The van der Waals surface area contributed by atoms with Crippen molar-refractivity contribution in [3.8, 4) is 0 Å². The summed E-state index contributed by atoms with van der Waals surface area (Å²) in [5.74, 6) is 0.0193. The van der Waals surface area contributed by atoms with Crippen molar-refractivity contribution in [1.82, 2.24) is 9.88 Å². The number of carbonyl (C=O) groups excluding carboxylic acids is 1. The molecule has 4 nitrogen and oxygen atoms in total. The quantitative estimate of drug-likeness (QED) is 0.758. The predicted molar refractivity (Wildman–Crippen MR) is 104 cm³/mol. The molecule has 1 aromatic heterocycles.